The van der Waals surface area contributed by atoms with E-state index in [9.17, 15) is 9.59 Å². The van der Waals surface area contributed by atoms with Gasteiger partial charge >= 0.3 is 11.9 Å². The van der Waals surface area contributed by atoms with Crippen LogP contribution in [0.3, 0.4) is 0 Å². The first-order chi connectivity index (χ1) is 10.6. The number of benzene rings is 2. The summed E-state index contributed by atoms with van der Waals surface area (Å²) in [5, 5.41) is 16.8. The molecular formula is C16H12N2O4. The molecule has 0 unspecified atom stereocenters. The molecule has 0 aliphatic rings. The monoisotopic (exact) mass is 296 g/mol. The molecule has 0 fully saturated rings. The predicted molar refractivity (Wildman–Crippen MR) is 79.9 cm³/mol. The average Bonchev–Trinajstić information content (AvgIpc) is 2.54. The van der Waals surface area contributed by atoms with Crippen molar-refractivity contribution in [2.45, 2.75) is 0 Å². The van der Waals surface area contributed by atoms with Crippen LogP contribution in [0.15, 0.2) is 71.4 Å². The summed E-state index contributed by atoms with van der Waals surface area (Å²) >= 11 is 0. The van der Waals surface area contributed by atoms with Crippen molar-refractivity contribution in [1.29, 1.82) is 0 Å². The van der Waals surface area contributed by atoms with Gasteiger partial charge in [0.2, 0.25) is 0 Å². The smallest absolute Gasteiger partial charge is 0.335 e. The van der Waals surface area contributed by atoms with E-state index in [0.717, 1.165) is 6.08 Å². The molecule has 0 amide bonds. The van der Waals surface area contributed by atoms with E-state index in [1.54, 1.807) is 36.4 Å². The molecule has 0 saturated carbocycles. The first kappa shape index (κ1) is 15.1. The van der Waals surface area contributed by atoms with E-state index < -0.39 is 11.9 Å². The zero-order valence-corrected chi connectivity index (χ0v) is 11.5. The van der Waals surface area contributed by atoms with E-state index in [0.29, 0.717) is 17.1 Å². The van der Waals surface area contributed by atoms with Gasteiger partial charge in [0, 0.05) is 6.08 Å². The number of carboxylic acid groups (broad SMARTS) is 1. The number of hydrogen-bond donors (Lipinski definition) is 1. The molecular weight excluding hydrogens is 284 g/mol. The summed E-state index contributed by atoms with van der Waals surface area (Å²) in [5.41, 5.74) is 1.29. The van der Waals surface area contributed by atoms with Crippen molar-refractivity contribution in [3.63, 3.8) is 0 Å². The molecule has 0 aromatic heterocycles. The van der Waals surface area contributed by atoms with Crippen LogP contribution >= 0.6 is 0 Å². The molecule has 6 nitrogen and oxygen atoms in total. The highest BCUT2D eigenvalue weighted by molar-refractivity contribution is 5.87. The maximum Gasteiger partial charge on any atom is 0.335 e. The second kappa shape index (κ2) is 6.94. The van der Waals surface area contributed by atoms with Gasteiger partial charge in [0.1, 0.15) is 5.75 Å². The Kier molecular flexibility index (Phi) is 4.77. The second-order valence-electron chi connectivity index (χ2n) is 4.17. The predicted octanol–water partition coefficient (Wildman–Crippen LogP) is 3.89. The Balaban J connectivity index is 2.05. The third kappa shape index (κ3) is 4.11. The molecule has 110 valence electrons. The SMILES string of the molecule is C=CC(=O)Oc1ccc(N=Nc2ccc(C(=O)O)cc2)cc1. The molecule has 22 heavy (non-hydrogen) atoms. The number of carbonyl (C=O) groups excluding carboxylic acids is 1. The lowest BCUT2D eigenvalue weighted by Gasteiger charge is -2.00. The Hall–Kier alpha value is -3.28. The highest BCUT2D eigenvalue weighted by Crippen LogP contribution is 2.21. The Bertz CT molecular complexity index is 719. The molecule has 0 bridgehead atoms. The van der Waals surface area contributed by atoms with Crippen LogP contribution in [0.1, 0.15) is 10.4 Å². The van der Waals surface area contributed by atoms with Crippen LogP contribution in [-0.4, -0.2) is 17.0 Å². The van der Waals surface area contributed by atoms with Crippen molar-refractivity contribution in [2.24, 2.45) is 10.2 Å². The van der Waals surface area contributed by atoms with Crippen LogP contribution in [-0.2, 0) is 4.79 Å². The normalized spacial score (nSPS) is 10.4. The van der Waals surface area contributed by atoms with Crippen LogP contribution in [0, 0.1) is 0 Å². The number of aromatic carboxylic acids is 1. The number of ether oxygens (including phenoxy) is 1. The van der Waals surface area contributed by atoms with Gasteiger partial charge in [0.25, 0.3) is 0 Å². The van der Waals surface area contributed by atoms with E-state index in [2.05, 4.69) is 16.8 Å². The molecule has 0 saturated heterocycles. The zero-order valence-electron chi connectivity index (χ0n) is 11.5. The topological polar surface area (TPSA) is 88.3 Å². The highest BCUT2D eigenvalue weighted by atomic mass is 16.5. The lowest BCUT2D eigenvalue weighted by Crippen LogP contribution is -2.02. The summed E-state index contributed by atoms with van der Waals surface area (Å²) in [7, 11) is 0. The Labute approximate surface area is 126 Å². The Morgan fingerprint density at radius 3 is 1.91 bits per heavy atom. The summed E-state index contributed by atoms with van der Waals surface area (Å²) in [4.78, 5) is 21.8. The second-order valence-corrected chi connectivity index (χ2v) is 4.17. The average molecular weight is 296 g/mol. The number of hydrogen-bond acceptors (Lipinski definition) is 5. The summed E-state index contributed by atoms with van der Waals surface area (Å²) in [5.74, 6) is -1.14. The Morgan fingerprint density at radius 1 is 0.955 bits per heavy atom. The molecule has 2 rings (SSSR count). The van der Waals surface area contributed by atoms with Crippen LogP contribution in [0.5, 0.6) is 5.75 Å². The van der Waals surface area contributed by atoms with Crippen LogP contribution in [0.25, 0.3) is 0 Å². The van der Waals surface area contributed by atoms with Crippen LogP contribution < -0.4 is 4.74 Å². The largest absolute Gasteiger partial charge is 0.478 e. The maximum absolute atomic E-state index is 11.0. The summed E-state index contributed by atoms with van der Waals surface area (Å²) in [6, 6.07) is 12.5. The zero-order chi connectivity index (χ0) is 15.9. The highest BCUT2D eigenvalue weighted by Gasteiger charge is 2.01. The number of nitrogens with zero attached hydrogens (tertiary/aromatic N) is 2. The van der Waals surface area contributed by atoms with Gasteiger partial charge < -0.3 is 9.84 Å². The molecule has 0 spiro atoms. The fraction of sp³-hybridized carbons (Fsp3) is 0. The van der Waals surface area contributed by atoms with Gasteiger partial charge in [-0.15, -0.1) is 0 Å². The Morgan fingerprint density at radius 2 is 1.45 bits per heavy atom. The van der Waals surface area contributed by atoms with E-state index in [-0.39, 0.29) is 5.56 Å². The number of carboxylic acids is 1. The van der Waals surface area contributed by atoms with Gasteiger partial charge in [-0.1, -0.05) is 6.58 Å². The number of rotatable bonds is 5. The van der Waals surface area contributed by atoms with E-state index in [1.165, 1.54) is 12.1 Å². The number of esters is 1. The van der Waals surface area contributed by atoms with Gasteiger partial charge in [0.05, 0.1) is 16.9 Å². The van der Waals surface area contributed by atoms with Gasteiger partial charge in [-0.2, -0.15) is 10.2 Å². The minimum atomic E-state index is -0.992. The van der Waals surface area contributed by atoms with Crippen molar-refractivity contribution in [1.82, 2.24) is 0 Å². The molecule has 0 aliphatic heterocycles. The fourth-order valence-corrected chi connectivity index (χ4v) is 1.52. The quantitative estimate of drug-likeness (QED) is 0.392. The number of carbonyl (C=O) groups is 2. The molecule has 2 aromatic carbocycles. The first-order valence-corrected chi connectivity index (χ1v) is 6.28. The molecule has 1 N–H and O–H groups in total. The van der Waals surface area contributed by atoms with Crippen molar-refractivity contribution in [3.05, 3.63) is 66.7 Å². The summed E-state index contributed by atoms with van der Waals surface area (Å²) < 4.78 is 4.93. The van der Waals surface area contributed by atoms with Crippen LogP contribution in [0.4, 0.5) is 11.4 Å². The van der Waals surface area contributed by atoms with E-state index in [4.69, 9.17) is 9.84 Å². The van der Waals surface area contributed by atoms with Gasteiger partial charge in [-0.25, -0.2) is 9.59 Å². The molecule has 0 aliphatic carbocycles. The standard InChI is InChI=1S/C16H12N2O4/c1-2-15(19)22-14-9-7-13(8-10-14)18-17-12-5-3-11(4-6-12)16(20)21/h2-10H,1H2,(H,20,21). The minimum absolute atomic E-state index is 0.187. The molecule has 6 heteroatoms. The fourth-order valence-electron chi connectivity index (χ4n) is 1.52. The van der Waals surface area contributed by atoms with Crippen LogP contribution in [0.2, 0.25) is 0 Å². The van der Waals surface area contributed by atoms with E-state index in [1.807, 2.05) is 0 Å². The molecule has 0 heterocycles. The first-order valence-electron chi connectivity index (χ1n) is 6.28. The molecule has 2 aromatic rings. The molecule has 0 radical (unpaired) electrons. The number of azo groups is 1. The van der Waals surface area contributed by atoms with Crippen molar-refractivity contribution in [3.8, 4) is 5.75 Å². The lowest BCUT2D eigenvalue weighted by molar-refractivity contribution is -0.128. The molecule has 0 atom stereocenters. The van der Waals surface area contributed by atoms with Crippen molar-refractivity contribution in [2.75, 3.05) is 0 Å². The maximum atomic E-state index is 11.0. The van der Waals surface area contributed by atoms with Crippen molar-refractivity contribution < 1.29 is 19.4 Å². The van der Waals surface area contributed by atoms with Gasteiger partial charge in [0.15, 0.2) is 0 Å². The van der Waals surface area contributed by atoms with Crippen molar-refractivity contribution >= 4 is 23.3 Å². The summed E-state index contributed by atoms with van der Waals surface area (Å²) in [6.07, 6.45) is 1.08. The lowest BCUT2D eigenvalue weighted by atomic mass is 10.2. The van der Waals surface area contributed by atoms with Gasteiger partial charge in [-0.05, 0) is 48.5 Å². The summed E-state index contributed by atoms with van der Waals surface area (Å²) in [6.45, 7) is 3.31. The minimum Gasteiger partial charge on any atom is -0.478 e. The van der Waals surface area contributed by atoms with Gasteiger partial charge in [-0.3, -0.25) is 0 Å². The third-order valence-electron chi connectivity index (χ3n) is 2.62. The third-order valence-corrected chi connectivity index (χ3v) is 2.62. The van der Waals surface area contributed by atoms with E-state index >= 15 is 0 Å².